The van der Waals surface area contributed by atoms with E-state index in [-0.39, 0.29) is 6.10 Å². The minimum atomic E-state index is -0.142. The average molecular weight is 221 g/mol. The van der Waals surface area contributed by atoms with Gasteiger partial charge in [-0.25, -0.2) is 9.97 Å². The van der Waals surface area contributed by atoms with E-state index < -0.39 is 0 Å². The van der Waals surface area contributed by atoms with E-state index in [0.29, 0.717) is 5.92 Å². The summed E-state index contributed by atoms with van der Waals surface area (Å²) in [6, 6.07) is 1.94. The number of hydrogen-bond acceptors (Lipinski definition) is 4. The molecule has 1 aliphatic rings. The van der Waals surface area contributed by atoms with Gasteiger partial charge in [-0.05, 0) is 26.7 Å². The molecule has 2 atom stereocenters. The molecule has 1 saturated carbocycles. The van der Waals surface area contributed by atoms with E-state index >= 15 is 0 Å². The molecule has 16 heavy (non-hydrogen) atoms. The van der Waals surface area contributed by atoms with E-state index in [1.165, 1.54) is 0 Å². The first-order chi connectivity index (χ1) is 7.65. The van der Waals surface area contributed by atoms with Crippen molar-refractivity contribution in [2.45, 2.75) is 39.2 Å². The van der Waals surface area contributed by atoms with Gasteiger partial charge in [0.1, 0.15) is 11.6 Å². The zero-order valence-electron chi connectivity index (χ0n) is 9.90. The minimum Gasteiger partial charge on any atom is -0.393 e. The largest absolute Gasteiger partial charge is 0.393 e. The Balaban J connectivity index is 1.94. The third-order valence-corrected chi connectivity index (χ3v) is 3.13. The topological polar surface area (TPSA) is 58.0 Å². The first-order valence-corrected chi connectivity index (χ1v) is 5.89. The van der Waals surface area contributed by atoms with Crippen molar-refractivity contribution in [2.24, 2.45) is 5.92 Å². The van der Waals surface area contributed by atoms with Gasteiger partial charge in [0.15, 0.2) is 0 Å². The molecule has 4 heteroatoms. The number of aromatic nitrogens is 2. The van der Waals surface area contributed by atoms with Crippen LogP contribution in [0.3, 0.4) is 0 Å². The van der Waals surface area contributed by atoms with Crippen molar-refractivity contribution >= 4 is 5.82 Å². The van der Waals surface area contributed by atoms with E-state index in [9.17, 15) is 5.11 Å². The maximum atomic E-state index is 9.70. The average Bonchev–Trinajstić information content (AvgIpc) is 2.59. The van der Waals surface area contributed by atoms with Gasteiger partial charge in [-0.2, -0.15) is 0 Å². The summed E-state index contributed by atoms with van der Waals surface area (Å²) in [4.78, 5) is 8.54. The molecule has 88 valence electrons. The lowest BCUT2D eigenvalue weighted by Crippen LogP contribution is -2.22. The maximum Gasteiger partial charge on any atom is 0.129 e. The second-order valence-corrected chi connectivity index (χ2v) is 4.58. The number of aliphatic hydroxyl groups is 1. The molecule has 0 bridgehead atoms. The monoisotopic (exact) mass is 221 g/mol. The fraction of sp³-hybridized carbons (Fsp3) is 0.667. The van der Waals surface area contributed by atoms with Crippen LogP contribution < -0.4 is 5.32 Å². The number of hydrogen-bond donors (Lipinski definition) is 2. The van der Waals surface area contributed by atoms with Crippen LogP contribution in [0.1, 0.15) is 30.8 Å². The van der Waals surface area contributed by atoms with Crippen molar-refractivity contribution in [2.75, 3.05) is 11.9 Å². The smallest absolute Gasteiger partial charge is 0.129 e. The fourth-order valence-corrected chi connectivity index (χ4v) is 2.30. The number of nitrogens with one attached hydrogen (secondary N) is 1. The van der Waals surface area contributed by atoms with Gasteiger partial charge in [0.2, 0.25) is 0 Å². The number of nitrogens with zero attached hydrogens (tertiary/aromatic N) is 2. The first-order valence-electron chi connectivity index (χ1n) is 5.89. The third kappa shape index (κ3) is 2.70. The highest BCUT2D eigenvalue weighted by molar-refractivity contribution is 5.35. The number of rotatable bonds is 3. The molecule has 1 fully saturated rings. The van der Waals surface area contributed by atoms with Gasteiger partial charge in [0, 0.05) is 24.2 Å². The Bertz CT molecular complexity index is 347. The van der Waals surface area contributed by atoms with Crippen LogP contribution in [0.4, 0.5) is 5.82 Å². The van der Waals surface area contributed by atoms with Crippen LogP contribution in [0.25, 0.3) is 0 Å². The second-order valence-electron chi connectivity index (χ2n) is 4.58. The summed E-state index contributed by atoms with van der Waals surface area (Å²) >= 11 is 0. The highest BCUT2D eigenvalue weighted by Crippen LogP contribution is 2.25. The van der Waals surface area contributed by atoms with E-state index in [1.807, 2.05) is 19.9 Å². The van der Waals surface area contributed by atoms with Gasteiger partial charge in [-0.1, -0.05) is 6.42 Å². The predicted octanol–water partition coefficient (Wildman–Crippen LogP) is 1.67. The molecule has 4 nitrogen and oxygen atoms in total. The molecule has 2 N–H and O–H groups in total. The molecule has 1 aliphatic carbocycles. The summed E-state index contributed by atoms with van der Waals surface area (Å²) in [6.45, 7) is 4.66. The normalized spacial score (nSPS) is 24.7. The van der Waals surface area contributed by atoms with Crippen molar-refractivity contribution in [3.63, 3.8) is 0 Å². The van der Waals surface area contributed by atoms with Crippen LogP contribution in [-0.4, -0.2) is 27.7 Å². The maximum absolute atomic E-state index is 9.70. The van der Waals surface area contributed by atoms with Crippen LogP contribution in [0, 0.1) is 19.8 Å². The molecule has 0 spiro atoms. The molecule has 0 amide bonds. The molecule has 0 aliphatic heterocycles. The zero-order valence-corrected chi connectivity index (χ0v) is 9.90. The summed E-state index contributed by atoms with van der Waals surface area (Å²) in [5, 5.41) is 13.0. The molecule has 2 unspecified atom stereocenters. The Hall–Kier alpha value is -1.16. The summed E-state index contributed by atoms with van der Waals surface area (Å²) in [5.41, 5.74) is 0.974. The Morgan fingerprint density at radius 2 is 2.19 bits per heavy atom. The van der Waals surface area contributed by atoms with Crippen molar-refractivity contribution in [1.29, 1.82) is 0 Å². The van der Waals surface area contributed by atoms with Crippen LogP contribution in [0.2, 0.25) is 0 Å². The van der Waals surface area contributed by atoms with Crippen molar-refractivity contribution in [3.8, 4) is 0 Å². The van der Waals surface area contributed by atoms with Crippen LogP contribution >= 0.6 is 0 Å². The minimum absolute atomic E-state index is 0.142. The Kier molecular flexibility index (Phi) is 3.39. The standard InChI is InChI=1S/C12H19N3O/c1-8-6-12(15-9(2)14-8)13-7-10-4-3-5-11(10)16/h6,10-11,16H,3-5,7H2,1-2H3,(H,13,14,15). The molecule has 0 aromatic carbocycles. The van der Waals surface area contributed by atoms with Crippen molar-refractivity contribution in [1.82, 2.24) is 9.97 Å². The molecular weight excluding hydrogens is 202 g/mol. The second kappa shape index (κ2) is 4.78. The van der Waals surface area contributed by atoms with E-state index in [2.05, 4.69) is 15.3 Å². The fourth-order valence-electron chi connectivity index (χ4n) is 2.30. The quantitative estimate of drug-likeness (QED) is 0.815. The van der Waals surface area contributed by atoms with Gasteiger partial charge < -0.3 is 10.4 Å². The number of aryl methyl sites for hydroxylation is 2. The highest BCUT2D eigenvalue weighted by Gasteiger charge is 2.24. The zero-order chi connectivity index (χ0) is 11.5. The van der Waals surface area contributed by atoms with E-state index in [0.717, 1.165) is 43.1 Å². The molecular formula is C12H19N3O. The van der Waals surface area contributed by atoms with Crippen LogP contribution in [0.15, 0.2) is 6.07 Å². The summed E-state index contributed by atoms with van der Waals surface area (Å²) in [7, 11) is 0. The van der Waals surface area contributed by atoms with Gasteiger partial charge in [0.25, 0.3) is 0 Å². The van der Waals surface area contributed by atoms with Gasteiger partial charge in [-0.15, -0.1) is 0 Å². The van der Waals surface area contributed by atoms with Crippen LogP contribution in [-0.2, 0) is 0 Å². The summed E-state index contributed by atoms with van der Waals surface area (Å²) in [5.74, 6) is 2.02. The summed E-state index contributed by atoms with van der Waals surface area (Å²) in [6.07, 6.45) is 3.04. The predicted molar refractivity (Wildman–Crippen MR) is 63.3 cm³/mol. The molecule has 1 heterocycles. The Labute approximate surface area is 96.1 Å². The van der Waals surface area contributed by atoms with Gasteiger partial charge in [-0.3, -0.25) is 0 Å². The molecule has 0 saturated heterocycles. The number of anilines is 1. The van der Waals surface area contributed by atoms with Crippen molar-refractivity contribution in [3.05, 3.63) is 17.6 Å². The first kappa shape index (κ1) is 11.3. The number of aliphatic hydroxyl groups excluding tert-OH is 1. The lowest BCUT2D eigenvalue weighted by atomic mass is 10.1. The lowest BCUT2D eigenvalue weighted by molar-refractivity contribution is 0.138. The van der Waals surface area contributed by atoms with Gasteiger partial charge >= 0.3 is 0 Å². The van der Waals surface area contributed by atoms with Crippen LogP contribution in [0.5, 0.6) is 0 Å². The molecule has 0 radical (unpaired) electrons. The third-order valence-electron chi connectivity index (χ3n) is 3.13. The van der Waals surface area contributed by atoms with Gasteiger partial charge in [0.05, 0.1) is 6.10 Å². The van der Waals surface area contributed by atoms with E-state index in [4.69, 9.17) is 0 Å². The molecule has 2 rings (SSSR count). The molecule has 1 aromatic heterocycles. The Morgan fingerprint density at radius 3 is 2.81 bits per heavy atom. The van der Waals surface area contributed by atoms with E-state index in [1.54, 1.807) is 0 Å². The Morgan fingerprint density at radius 1 is 1.38 bits per heavy atom. The van der Waals surface area contributed by atoms with Crippen molar-refractivity contribution < 1.29 is 5.11 Å². The lowest BCUT2D eigenvalue weighted by Gasteiger charge is -2.15. The SMILES string of the molecule is Cc1cc(NCC2CCCC2O)nc(C)n1. The molecule has 1 aromatic rings. The highest BCUT2D eigenvalue weighted by atomic mass is 16.3. The summed E-state index contributed by atoms with van der Waals surface area (Å²) < 4.78 is 0.